The lowest BCUT2D eigenvalue weighted by molar-refractivity contribution is 0.486. The predicted octanol–water partition coefficient (Wildman–Crippen LogP) is 1.83. The molecular weight excluding hydrogens is 278 g/mol. The Kier molecular flexibility index (Phi) is 2.85. The molecule has 0 amide bonds. The van der Waals surface area contributed by atoms with E-state index in [1.165, 1.54) is 0 Å². The molecule has 6 heteroatoms. The van der Waals surface area contributed by atoms with E-state index in [9.17, 15) is 4.79 Å². The number of fused-ring (bicyclic) bond motifs is 1. The Labute approximate surface area is 127 Å². The van der Waals surface area contributed by atoms with Gasteiger partial charge in [0, 0.05) is 13.2 Å². The van der Waals surface area contributed by atoms with Crippen LogP contribution in [-0.4, -0.2) is 24.3 Å². The average molecular weight is 295 g/mol. The molecule has 0 radical (unpaired) electrons. The molecule has 6 nitrogen and oxygen atoms in total. The van der Waals surface area contributed by atoms with Gasteiger partial charge in [0.2, 0.25) is 0 Å². The molecule has 0 aromatic carbocycles. The van der Waals surface area contributed by atoms with Crippen molar-refractivity contribution < 1.29 is 0 Å². The summed E-state index contributed by atoms with van der Waals surface area (Å²) in [5.41, 5.74) is 3.03. The van der Waals surface area contributed by atoms with Gasteiger partial charge in [-0.3, -0.25) is 19.0 Å². The summed E-state index contributed by atoms with van der Waals surface area (Å²) in [4.78, 5) is 21.7. The second-order valence-electron chi connectivity index (χ2n) is 5.98. The van der Waals surface area contributed by atoms with Crippen LogP contribution in [0.3, 0.4) is 0 Å². The predicted molar refractivity (Wildman–Crippen MR) is 82.6 cm³/mol. The molecule has 1 fully saturated rings. The maximum Gasteiger partial charge on any atom is 0.282 e. The first kappa shape index (κ1) is 13.2. The van der Waals surface area contributed by atoms with Gasteiger partial charge >= 0.3 is 0 Å². The number of pyridine rings is 1. The molecule has 1 saturated carbocycles. The largest absolute Gasteiger partial charge is 0.288 e. The molecule has 1 aliphatic rings. The van der Waals surface area contributed by atoms with Gasteiger partial charge in [-0.2, -0.15) is 5.10 Å². The number of aromatic nitrogens is 5. The van der Waals surface area contributed by atoms with E-state index in [-0.39, 0.29) is 11.6 Å². The fraction of sp³-hybridized carbons (Fsp3) is 0.375. The normalized spacial score (nSPS) is 16.1. The summed E-state index contributed by atoms with van der Waals surface area (Å²) >= 11 is 0. The van der Waals surface area contributed by atoms with Crippen LogP contribution < -0.4 is 5.56 Å². The summed E-state index contributed by atoms with van der Waals surface area (Å²) in [5, 5.41) is 4.25. The van der Waals surface area contributed by atoms with E-state index in [0.29, 0.717) is 17.0 Å². The Morgan fingerprint density at radius 2 is 2.14 bits per heavy atom. The Morgan fingerprint density at radius 1 is 1.32 bits per heavy atom. The standard InChI is InChI=1S/C16H17N5O/c1-10-4-3-7-17-13(10)15(11-5-6-11)21-9-18-12-8-20(2)19-14(12)16(21)22/h3-4,7-9,11,15H,5-6H2,1-2H3. The topological polar surface area (TPSA) is 65.6 Å². The molecule has 3 aromatic heterocycles. The lowest BCUT2D eigenvalue weighted by Crippen LogP contribution is -2.28. The highest BCUT2D eigenvalue weighted by atomic mass is 16.1. The van der Waals surface area contributed by atoms with E-state index in [1.807, 2.05) is 19.1 Å². The average Bonchev–Trinajstić information content (AvgIpc) is 3.25. The van der Waals surface area contributed by atoms with Crippen molar-refractivity contribution in [3.63, 3.8) is 0 Å². The van der Waals surface area contributed by atoms with Crippen LogP contribution in [0.15, 0.2) is 35.6 Å². The number of nitrogens with zero attached hydrogens (tertiary/aromatic N) is 5. The summed E-state index contributed by atoms with van der Waals surface area (Å²) in [6.07, 6.45) is 7.43. The molecule has 1 aliphatic carbocycles. The fourth-order valence-corrected chi connectivity index (χ4v) is 3.02. The SMILES string of the molecule is Cc1cccnc1C(C1CC1)n1cnc2cn(C)nc2c1=O. The molecule has 0 aliphatic heterocycles. The van der Waals surface area contributed by atoms with Gasteiger partial charge < -0.3 is 0 Å². The van der Waals surface area contributed by atoms with Crippen molar-refractivity contribution in [2.75, 3.05) is 0 Å². The van der Waals surface area contributed by atoms with Gasteiger partial charge in [0.15, 0.2) is 5.52 Å². The molecule has 0 N–H and O–H groups in total. The fourth-order valence-electron chi connectivity index (χ4n) is 3.02. The van der Waals surface area contributed by atoms with Crippen LogP contribution in [0.5, 0.6) is 0 Å². The van der Waals surface area contributed by atoms with Crippen LogP contribution >= 0.6 is 0 Å². The van der Waals surface area contributed by atoms with Gasteiger partial charge in [-0.05, 0) is 37.3 Å². The molecule has 0 saturated heterocycles. The second kappa shape index (κ2) is 4.76. The van der Waals surface area contributed by atoms with E-state index in [0.717, 1.165) is 24.1 Å². The van der Waals surface area contributed by atoms with E-state index >= 15 is 0 Å². The smallest absolute Gasteiger partial charge is 0.282 e. The number of hydrogen-bond donors (Lipinski definition) is 0. The van der Waals surface area contributed by atoms with Crippen molar-refractivity contribution in [2.24, 2.45) is 13.0 Å². The highest BCUT2D eigenvalue weighted by Crippen LogP contribution is 2.43. The summed E-state index contributed by atoms with van der Waals surface area (Å²) in [6, 6.07) is 3.91. The molecule has 112 valence electrons. The maximum absolute atomic E-state index is 12.8. The van der Waals surface area contributed by atoms with Crippen LogP contribution in [0, 0.1) is 12.8 Å². The zero-order chi connectivity index (χ0) is 15.3. The van der Waals surface area contributed by atoms with Crippen molar-refractivity contribution in [1.82, 2.24) is 24.3 Å². The summed E-state index contributed by atoms with van der Waals surface area (Å²) in [7, 11) is 1.80. The first-order valence-electron chi connectivity index (χ1n) is 7.47. The van der Waals surface area contributed by atoms with Crippen LogP contribution in [0.2, 0.25) is 0 Å². The summed E-state index contributed by atoms with van der Waals surface area (Å²) in [6.45, 7) is 2.04. The van der Waals surface area contributed by atoms with E-state index in [1.54, 1.807) is 35.0 Å². The van der Waals surface area contributed by atoms with Gasteiger partial charge in [-0.15, -0.1) is 0 Å². The summed E-state index contributed by atoms with van der Waals surface area (Å²) < 4.78 is 3.34. The molecule has 3 heterocycles. The quantitative estimate of drug-likeness (QED) is 0.739. The third-order valence-corrected chi connectivity index (χ3v) is 4.27. The minimum Gasteiger partial charge on any atom is -0.288 e. The first-order valence-corrected chi connectivity index (χ1v) is 7.47. The molecule has 1 atom stereocenters. The molecule has 1 unspecified atom stereocenters. The van der Waals surface area contributed by atoms with Gasteiger partial charge in [0.05, 0.1) is 24.3 Å². The van der Waals surface area contributed by atoms with Crippen LogP contribution in [-0.2, 0) is 7.05 Å². The second-order valence-corrected chi connectivity index (χ2v) is 5.98. The van der Waals surface area contributed by atoms with Crippen LogP contribution in [0.4, 0.5) is 0 Å². The monoisotopic (exact) mass is 295 g/mol. The van der Waals surface area contributed by atoms with E-state index in [4.69, 9.17) is 0 Å². The Hall–Kier alpha value is -2.50. The van der Waals surface area contributed by atoms with Crippen molar-refractivity contribution in [1.29, 1.82) is 0 Å². The van der Waals surface area contributed by atoms with Crippen molar-refractivity contribution in [2.45, 2.75) is 25.8 Å². The van der Waals surface area contributed by atoms with Gasteiger partial charge in [-0.1, -0.05) is 6.07 Å². The van der Waals surface area contributed by atoms with Crippen LogP contribution in [0.25, 0.3) is 11.0 Å². The van der Waals surface area contributed by atoms with Gasteiger partial charge in [0.1, 0.15) is 5.52 Å². The Balaban J connectivity index is 1.93. The van der Waals surface area contributed by atoms with Crippen molar-refractivity contribution in [3.8, 4) is 0 Å². The molecule has 0 spiro atoms. The van der Waals surface area contributed by atoms with Crippen LogP contribution in [0.1, 0.15) is 30.1 Å². The minimum absolute atomic E-state index is 0.0485. The Bertz CT molecular complexity index is 906. The number of aryl methyl sites for hydroxylation is 2. The molecule has 3 aromatic rings. The zero-order valence-corrected chi connectivity index (χ0v) is 12.6. The highest BCUT2D eigenvalue weighted by Gasteiger charge is 2.36. The zero-order valence-electron chi connectivity index (χ0n) is 12.6. The molecule has 4 rings (SSSR count). The van der Waals surface area contributed by atoms with E-state index in [2.05, 4.69) is 15.1 Å². The highest BCUT2D eigenvalue weighted by molar-refractivity contribution is 5.71. The van der Waals surface area contributed by atoms with Crippen molar-refractivity contribution in [3.05, 3.63) is 52.5 Å². The lowest BCUT2D eigenvalue weighted by atomic mass is 10.0. The molecular formula is C16H17N5O. The Morgan fingerprint density at radius 3 is 2.86 bits per heavy atom. The first-order chi connectivity index (χ1) is 10.6. The summed E-state index contributed by atoms with van der Waals surface area (Å²) in [5.74, 6) is 0.453. The molecule has 22 heavy (non-hydrogen) atoms. The lowest BCUT2D eigenvalue weighted by Gasteiger charge is -2.20. The number of rotatable bonds is 3. The number of hydrogen-bond acceptors (Lipinski definition) is 4. The molecule has 0 bridgehead atoms. The maximum atomic E-state index is 12.8. The third-order valence-electron chi connectivity index (χ3n) is 4.27. The van der Waals surface area contributed by atoms with Gasteiger partial charge in [-0.25, -0.2) is 4.98 Å². The minimum atomic E-state index is -0.0902. The van der Waals surface area contributed by atoms with E-state index < -0.39 is 0 Å². The van der Waals surface area contributed by atoms with Crippen molar-refractivity contribution >= 4 is 11.0 Å². The van der Waals surface area contributed by atoms with Gasteiger partial charge in [0.25, 0.3) is 5.56 Å². The third kappa shape index (κ3) is 2.03.